The van der Waals surface area contributed by atoms with Gasteiger partial charge in [0.15, 0.2) is 0 Å². The highest BCUT2D eigenvalue weighted by atomic mass is 15.1. The first-order valence-corrected chi connectivity index (χ1v) is 6.25. The molecule has 2 aromatic rings. The zero-order chi connectivity index (χ0) is 13.0. The van der Waals surface area contributed by atoms with Gasteiger partial charge in [-0.1, -0.05) is 36.4 Å². The van der Waals surface area contributed by atoms with Crippen LogP contribution in [0.25, 0.3) is 0 Å². The first-order chi connectivity index (χ1) is 8.69. The highest BCUT2D eigenvalue weighted by Gasteiger charge is 2.02. The predicted molar refractivity (Wildman–Crippen MR) is 77.6 cm³/mol. The Kier molecular flexibility index (Phi) is 4.00. The third kappa shape index (κ3) is 3.11. The molecule has 0 fully saturated rings. The molecular formula is C16H20N2. The van der Waals surface area contributed by atoms with E-state index in [0.29, 0.717) is 6.54 Å². The Morgan fingerprint density at radius 1 is 1.00 bits per heavy atom. The second-order valence-electron chi connectivity index (χ2n) is 4.72. The smallest absolute Gasteiger partial charge is 0.0426 e. The largest absolute Gasteiger partial charge is 0.370 e. The summed E-state index contributed by atoms with van der Waals surface area (Å²) in [4.78, 5) is 2.25. The van der Waals surface area contributed by atoms with E-state index in [-0.39, 0.29) is 0 Å². The number of nitrogens with zero attached hydrogens (tertiary/aromatic N) is 1. The van der Waals surface area contributed by atoms with E-state index >= 15 is 0 Å². The SMILES string of the molecule is Cc1cccc(N(C)Cc2ccc(CN)cc2)c1. The fraction of sp³-hybridized carbons (Fsp3) is 0.250. The molecule has 0 heterocycles. The zero-order valence-electron chi connectivity index (χ0n) is 11.1. The summed E-state index contributed by atoms with van der Waals surface area (Å²) >= 11 is 0. The Morgan fingerprint density at radius 2 is 1.67 bits per heavy atom. The fourth-order valence-electron chi connectivity index (χ4n) is 2.01. The van der Waals surface area contributed by atoms with Gasteiger partial charge in [0.25, 0.3) is 0 Å². The van der Waals surface area contributed by atoms with Crippen molar-refractivity contribution in [3.8, 4) is 0 Å². The molecule has 0 aromatic heterocycles. The number of nitrogens with two attached hydrogens (primary N) is 1. The standard InChI is InChI=1S/C16H20N2/c1-13-4-3-5-16(10-13)18(2)12-15-8-6-14(11-17)7-9-15/h3-10H,11-12,17H2,1-2H3. The van der Waals surface area contributed by atoms with Crippen LogP contribution < -0.4 is 10.6 Å². The summed E-state index contributed by atoms with van der Waals surface area (Å²) in [7, 11) is 2.12. The third-order valence-electron chi connectivity index (χ3n) is 3.12. The van der Waals surface area contributed by atoms with Gasteiger partial charge in [0.2, 0.25) is 0 Å². The van der Waals surface area contributed by atoms with Gasteiger partial charge < -0.3 is 10.6 Å². The number of anilines is 1. The van der Waals surface area contributed by atoms with Crippen LogP contribution in [0, 0.1) is 6.92 Å². The van der Waals surface area contributed by atoms with Crippen molar-refractivity contribution in [2.24, 2.45) is 5.73 Å². The van der Waals surface area contributed by atoms with E-state index < -0.39 is 0 Å². The first-order valence-electron chi connectivity index (χ1n) is 6.25. The van der Waals surface area contributed by atoms with Crippen molar-refractivity contribution >= 4 is 5.69 Å². The van der Waals surface area contributed by atoms with Gasteiger partial charge in [0, 0.05) is 25.8 Å². The summed E-state index contributed by atoms with van der Waals surface area (Å²) in [6.45, 7) is 3.63. The van der Waals surface area contributed by atoms with E-state index in [1.54, 1.807) is 0 Å². The molecule has 0 atom stereocenters. The van der Waals surface area contributed by atoms with Crippen LogP contribution in [-0.2, 0) is 13.1 Å². The molecule has 0 saturated carbocycles. The molecule has 0 aliphatic rings. The van der Waals surface area contributed by atoms with Crippen LogP contribution in [0.2, 0.25) is 0 Å². The molecule has 0 bridgehead atoms. The first kappa shape index (κ1) is 12.7. The van der Waals surface area contributed by atoms with Crippen molar-refractivity contribution in [1.82, 2.24) is 0 Å². The van der Waals surface area contributed by atoms with Crippen molar-refractivity contribution in [2.45, 2.75) is 20.0 Å². The Morgan fingerprint density at radius 3 is 2.28 bits per heavy atom. The Bertz CT molecular complexity index is 503. The van der Waals surface area contributed by atoms with Crippen LogP contribution in [0.5, 0.6) is 0 Å². The van der Waals surface area contributed by atoms with Gasteiger partial charge in [-0.25, -0.2) is 0 Å². The van der Waals surface area contributed by atoms with Gasteiger partial charge in [-0.15, -0.1) is 0 Å². The van der Waals surface area contributed by atoms with E-state index in [9.17, 15) is 0 Å². The molecule has 0 spiro atoms. The summed E-state index contributed by atoms with van der Waals surface area (Å²) in [6.07, 6.45) is 0. The van der Waals surface area contributed by atoms with Gasteiger partial charge in [0.05, 0.1) is 0 Å². The Labute approximate surface area is 109 Å². The lowest BCUT2D eigenvalue weighted by Crippen LogP contribution is -2.16. The maximum atomic E-state index is 5.60. The lowest BCUT2D eigenvalue weighted by Gasteiger charge is -2.20. The van der Waals surface area contributed by atoms with Gasteiger partial charge in [0.1, 0.15) is 0 Å². The molecule has 2 aromatic carbocycles. The highest BCUT2D eigenvalue weighted by molar-refractivity contribution is 5.48. The summed E-state index contributed by atoms with van der Waals surface area (Å²) in [5.74, 6) is 0. The van der Waals surface area contributed by atoms with Crippen molar-refractivity contribution in [3.63, 3.8) is 0 Å². The molecule has 2 nitrogen and oxygen atoms in total. The topological polar surface area (TPSA) is 29.3 Å². The van der Waals surface area contributed by atoms with Crippen LogP contribution >= 0.6 is 0 Å². The number of hydrogen-bond donors (Lipinski definition) is 1. The molecule has 0 saturated heterocycles. The van der Waals surface area contributed by atoms with Gasteiger partial charge in [-0.3, -0.25) is 0 Å². The van der Waals surface area contributed by atoms with Crippen molar-refractivity contribution < 1.29 is 0 Å². The molecular weight excluding hydrogens is 220 g/mol. The lowest BCUT2D eigenvalue weighted by atomic mass is 10.1. The third-order valence-corrected chi connectivity index (χ3v) is 3.12. The minimum Gasteiger partial charge on any atom is -0.370 e. The second-order valence-corrected chi connectivity index (χ2v) is 4.72. The molecule has 0 unspecified atom stereocenters. The van der Waals surface area contributed by atoms with E-state index in [1.165, 1.54) is 22.4 Å². The molecule has 0 amide bonds. The molecule has 2 rings (SSSR count). The number of aryl methyl sites for hydroxylation is 1. The van der Waals surface area contributed by atoms with Crippen LogP contribution in [-0.4, -0.2) is 7.05 Å². The molecule has 0 aliphatic heterocycles. The van der Waals surface area contributed by atoms with Crippen molar-refractivity contribution in [1.29, 1.82) is 0 Å². The fourth-order valence-corrected chi connectivity index (χ4v) is 2.01. The summed E-state index contributed by atoms with van der Waals surface area (Å²) in [6, 6.07) is 17.0. The minimum atomic E-state index is 0.605. The van der Waals surface area contributed by atoms with E-state index in [1.807, 2.05) is 0 Å². The second kappa shape index (κ2) is 5.69. The molecule has 0 radical (unpaired) electrons. The van der Waals surface area contributed by atoms with Crippen LogP contribution in [0.3, 0.4) is 0 Å². The van der Waals surface area contributed by atoms with Crippen LogP contribution in [0.4, 0.5) is 5.69 Å². The quantitative estimate of drug-likeness (QED) is 0.889. The summed E-state index contributed by atoms with van der Waals surface area (Å²) in [5, 5.41) is 0. The van der Waals surface area contributed by atoms with E-state index in [2.05, 4.69) is 67.4 Å². The maximum Gasteiger partial charge on any atom is 0.0426 e. The highest BCUT2D eigenvalue weighted by Crippen LogP contribution is 2.17. The number of benzene rings is 2. The lowest BCUT2D eigenvalue weighted by molar-refractivity contribution is 0.919. The van der Waals surface area contributed by atoms with Gasteiger partial charge >= 0.3 is 0 Å². The Balaban J connectivity index is 2.08. The predicted octanol–water partition coefficient (Wildman–Crippen LogP) is 3.09. The van der Waals surface area contributed by atoms with E-state index in [4.69, 9.17) is 5.73 Å². The summed E-state index contributed by atoms with van der Waals surface area (Å²) in [5.41, 5.74) is 10.6. The molecule has 94 valence electrons. The average molecular weight is 240 g/mol. The van der Waals surface area contributed by atoms with Crippen molar-refractivity contribution in [2.75, 3.05) is 11.9 Å². The van der Waals surface area contributed by atoms with Crippen LogP contribution in [0.15, 0.2) is 48.5 Å². The monoisotopic (exact) mass is 240 g/mol. The van der Waals surface area contributed by atoms with Crippen molar-refractivity contribution in [3.05, 3.63) is 65.2 Å². The maximum absolute atomic E-state index is 5.60. The molecule has 2 N–H and O–H groups in total. The van der Waals surface area contributed by atoms with E-state index in [0.717, 1.165) is 6.54 Å². The summed E-state index contributed by atoms with van der Waals surface area (Å²) < 4.78 is 0. The number of rotatable bonds is 4. The minimum absolute atomic E-state index is 0.605. The molecule has 0 aliphatic carbocycles. The average Bonchev–Trinajstić information content (AvgIpc) is 2.39. The van der Waals surface area contributed by atoms with Gasteiger partial charge in [-0.2, -0.15) is 0 Å². The molecule has 2 heteroatoms. The zero-order valence-corrected chi connectivity index (χ0v) is 11.1. The molecule has 18 heavy (non-hydrogen) atoms. The Hall–Kier alpha value is -1.80. The normalized spacial score (nSPS) is 10.4. The van der Waals surface area contributed by atoms with Crippen LogP contribution in [0.1, 0.15) is 16.7 Å². The van der Waals surface area contributed by atoms with Gasteiger partial charge in [-0.05, 0) is 35.7 Å². The number of hydrogen-bond acceptors (Lipinski definition) is 2.